The van der Waals surface area contributed by atoms with Crippen molar-refractivity contribution >= 4 is 0 Å². The van der Waals surface area contributed by atoms with Crippen LogP contribution in [-0.2, 0) is 0 Å². The van der Waals surface area contributed by atoms with Gasteiger partial charge in [0, 0.05) is 11.8 Å². The number of aryl methyl sites for hydroxylation is 3. The van der Waals surface area contributed by atoms with Crippen LogP contribution in [0.4, 0.5) is 8.78 Å². The lowest BCUT2D eigenvalue weighted by molar-refractivity contribution is 0.535. The van der Waals surface area contributed by atoms with E-state index in [1.807, 2.05) is 19.9 Å². The highest BCUT2D eigenvalue weighted by Crippen LogP contribution is 2.27. The van der Waals surface area contributed by atoms with Gasteiger partial charge in [-0.15, -0.1) is 0 Å². The summed E-state index contributed by atoms with van der Waals surface area (Å²) in [6, 6.07) is 3.63. The standard InChI is InChI=1S/C15H16F2N2/c1-8-6-10(3)15(19-7-8)14(18)12-11(16)5-4-9(2)13(12)17/h4-7,14H,18H2,1-3H3. The number of aromatic nitrogens is 1. The van der Waals surface area contributed by atoms with E-state index in [1.54, 1.807) is 13.1 Å². The number of benzene rings is 1. The predicted molar refractivity (Wildman–Crippen MR) is 70.8 cm³/mol. The molecular formula is C15H16F2N2. The fourth-order valence-corrected chi connectivity index (χ4v) is 2.15. The highest BCUT2D eigenvalue weighted by atomic mass is 19.1. The van der Waals surface area contributed by atoms with Crippen molar-refractivity contribution in [3.8, 4) is 0 Å². The van der Waals surface area contributed by atoms with Gasteiger partial charge >= 0.3 is 0 Å². The second kappa shape index (κ2) is 5.05. The first-order valence-corrected chi connectivity index (χ1v) is 6.05. The molecule has 1 aromatic heterocycles. The quantitative estimate of drug-likeness (QED) is 0.901. The van der Waals surface area contributed by atoms with Crippen LogP contribution in [0.2, 0.25) is 0 Å². The summed E-state index contributed by atoms with van der Waals surface area (Å²) < 4.78 is 27.9. The van der Waals surface area contributed by atoms with Gasteiger partial charge in [-0.25, -0.2) is 8.78 Å². The van der Waals surface area contributed by atoms with Gasteiger partial charge in [0.15, 0.2) is 0 Å². The molecule has 0 spiro atoms. The van der Waals surface area contributed by atoms with Crippen molar-refractivity contribution in [2.24, 2.45) is 5.73 Å². The minimum Gasteiger partial charge on any atom is -0.319 e. The van der Waals surface area contributed by atoms with E-state index < -0.39 is 17.7 Å². The first kappa shape index (κ1) is 13.6. The lowest BCUT2D eigenvalue weighted by atomic mass is 9.97. The summed E-state index contributed by atoms with van der Waals surface area (Å²) >= 11 is 0. The third-order valence-electron chi connectivity index (χ3n) is 3.18. The molecule has 100 valence electrons. The third-order valence-corrected chi connectivity index (χ3v) is 3.18. The van der Waals surface area contributed by atoms with Crippen LogP contribution in [0.25, 0.3) is 0 Å². The van der Waals surface area contributed by atoms with Crippen LogP contribution < -0.4 is 5.73 Å². The Kier molecular flexibility index (Phi) is 3.62. The molecule has 2 rings (SSSR count). The number of pyridine rings is 1. The molecule has 1 aromatic carbocycles. The molecule has 1 unspecified atom stereocenters. The average molecular weight is 262 g/mol. The second-order valence-electron chi connectivity index (χ2n) is 4.78. The molecule has 2 N–H and O–H groups in total. The first-order valence-electron chi connectivity index (χ1n) is 6.05. The number of rotatable bonds is 2. The van der Waals surface area contributed by atoms with Gasteiger partial charge in [-0.3, -0.25) is 4.98 Å². The molecular weight excluding hydrogens is 246 g/mol. The van der Waals surface area contributed by atoms with Crippen molar-refractivity contribution in [3.05, 3.63) is 64.0 Å². The van der Waals surface area contributed by atoms with E-state index in [4.69, 9.17) is 5.73 Å². The van der Waals surface area contributed by atoms with E-state index in [9.17, 15) is 8.78 Å². The van der Waals surface area contributed by atoms with Crippen LogP contribution in [0.15, 0.2) is 24.4 Å². The van der Waals surface area contributed by atoms with Gasteiger partial charge in [0.1, 0.15) is 11.6 Å². The Labute approximate surface area is 111 Å². The molecule has 0 fully saturated rings. The van der Waals surface area contributed by atoms with Crippen LogP contribution in [-0.4, -0.2) is 4.98 Å². The van der Waals surface area contributed by atoms with Gasteiger partial charge < -0.3 is 5.73 Å². The highest BCUT2D eigenvalue weighted by Gasteiger charge is 2.22. The Morgan fingerprint density at radius 2 is 1.79 bits per heavy atom. The zero-order valence-corrected chi connectivity index (χ0v) is 11.2. The van der Waals surface area contributed by atoms with E-state index in [0.29, 0.717) is 11.3 Å². The number of halogens is 2. The summed E-state index contributed by atoms with van der Waals surface area (Å²) in [7, 11) is 0. The van der Waals surface area contributed by atoms with Gasteiger partial charge in [0.05, 0.1) is 11.7 Å². The predicted octanol–water partition coefficient (Wildman–Crippen LogP) is 3.33. The lowest BCUT2D eigenvalue weighted by Crippen LogP contribution is -2.19. The van der Waals surface area contributed by atoms with Crippen LogP contribution in [0.3, 0.4) is 0 Å². The van der Waals surface area contributed by atoms with Gasteiger partial charge in [-0.2, -0.15) is 0 Å². The summed E-state index contributed by atoms with van der Waals surface area (Å²) in [5.41, 5.74) is 8.55. The minimum absolute atomic E-state index is 0.126. The van der Waals surface area contributed by atoms with Gasteiger partial charge in [0.25, 0.3) is 0 Å². The third kappa shape index (κ3) is 2.49. The molecule has 0 radical (unpaired) electrons. The molecule has 0 bridgehead atoms. The zero-order chi connectivity index (χ0) is 14.2. The Hall–Kier alpha value is -1.81. The molecule has 1 heterocycles. The van der Waals surface area contributed by atoms with E-state index in [2.05, 4.69) is 4.98 Å². The highest BCUT2D eigenvalue weighted by molar-refractivity contribution is 5.37. The molecule has 0 aliphatic carbocycles. The Balaban J connectivity index is 2.56. The molecule has 0 aliphatic heterocycles. The van der Waals surface area contributed by atoms with Crippen LogP contribution >= 0.6 is 0 Å². The average Bonchev–Trinajstić information content (AvgIpc) is 2.34. The second-order valence-corrected chi connectivity index (χ2v) is 4.78. The maximum Gasteiger partial charge on any atom is 0.134 e. The summed E-state index contributed by atoms with van der Waals surface area (Å²) in [6.45, 7) is 5.32. The molecule has 4 heteroatoms. The number of nitrogens with two attached hydrogens (primary N) is 1. The minimum atomic E-state index is -0.902. The molecule has 19 heavy (non-hydrogen) atoms. The van der Waals surface area contributed by atoms with Crippen LogP contribution in [0, 0.1) is 32.4 Å². The molecule has 0 aliphatic rings. The smallest absolute Gasteiger partial charge is 0.134 e. The number of hydrogen-bond acceptors (Lipinski definition) is 2. The summed E-state index contributed by atoms with van der Waals surface area (Å²) in [6.07, 6.45) is 1.65. The fourth-order valence-electron chi connectivity index (χ4n) is 2.15. The largest absolute Gasteiger partial charge is 0.319 e. The first-order chi connectivity index (χ1) is 8.91. The number of nitrogens with zero attached hydrogens (tertiary/aromatic N) is 1. The van der Waals surface area contributed by atoms with Gasteiger partial charge in [-0.1, -0.05) is 12.1 Å². The van der Waals surface area contributed by atoms with Crippen LogP contribution in [0.1, 0.15) is 34.0 Å². The lowest BCUT2D eigenvalue weighted by Gasteiger charge is -2.17. The normalized spacial score (nSPS) is 12.5. The van der Waals surface area contributed by atoms with E-state index in [-0.39, 0.29) is 5.56 Å². The van der Waals surface area contributed by atoms with E-state index in [0.717, 1.165) is 11.1 Å². The van der Waals surface area contributed by atoms with Crippen molar-refractivity contribution in [1.82, 2.24) is 4.98 Å². The fraction of sp³-hybridized carbons (Fsp3) is 0.267. The Bertz CT molecular complexity index is 624. The van der Waals surface area contributed by atoms with Gasteiger partial charge in [0.2, 0.25) is 0 Å². The molecule has 1 atom stereocenters. The topological polar surface area (TPSA) is 38.9 Å². The summed E-state index contributed by atoms with van der Waals surface area (Å²) in [4.78, 5) is 4.21. The zero-order valence-electron chi connectivity index (χ0n) is 11.2. The van der Waals surface area contributed by atoms with E-state index >= 15 is 0 Å². The van der Waals surface area contributed by atoms with Crippen LogP contribution in [0.5, 0.6) is 0 Å². The monoisotopic (exact) mass is 262 g/mol. The van der Waals surface area contributed by atoms with E-state index in [1.165, 1.54) is 12.1 Å². The molecule has 2 aromatic rings. The van der Waals surface area contributed by atoms with Crippen molar-refractivity contribution in [2.45, 2.75) is 26.8 Å². The SMILES string of the molecule is Cc1cnc(C(N)c2c(F)ccc(C)c2F)c(C)c1. The number of hydrogen-bond donors (Lipinski definition) is 1. The molecule has 0 amide bonds. The van der Waals surface area contributed by atoms with Crippen molar-refractivity contribution in [2.75, 3.05) is 0 Å². The van der Waals surface area contributed by atoms with Crippen molar-refractivity contribution in [3.63, 3.8) is 0 Å². The maximum atomic E-state index is 14.1. The van der Waals surface area contributed by atoms with Crippen molar-refractivity contribution in [1.29, 1.82) is 0 Å². The molecule has 2 nitrogen and oxygen atoms in total. The van der Waals surface area contributed by atoms with Crippen molar-refractivity contribution < 1.29 is 8.78 Å². The summed E-state index contributed by atoms with van der Waals surface area (Å²) in [5.74, 6) is -1.24. The molecule has 0 saturated carbocycles. The Morgan fingerprint density at radius 3 is 2.42 bits per heavy atom. The Morgan fingerprint density at radius 1 is 1.11 bits per heavy atom. The summed E-state index contributed by atoms with van der Waals surface area (Å²) in [5, 5.41) is 0. The van der Waals surface area contributed by atoms with Gasteiger partial charge in [-0.05, 0) is 43.5 Å². The molecule has 0 saturated heterocycles. The maximum absolute atomic E-state index is 14.1.